The summed E-state index contributed by atoms with van der Waals surface area (Å²) >= 11 is 0. The van der Waals surface area contributed by atoms with Gasteiger partial charge in [-0.05, 0) is 37.6 Å². The Balaban J connectivity index is 2.02. The molecule has 0 aliphatic heterocycles. The highest BCUT2D eigenvalue weighted by molar-refractivity contribution is 5.22. The van der Waals surface area contributed by atoms with Crippen molar-refractivity contribution in [3.63, 3.8) is 0 Å². The zero-order valence-corrected chi connectivity index (χ0v) is 11.4. The Morgan fingerprint density at radius 3 is 2.45 bits per heavy atom. The molecule has 2 rings (SSSR count). The van der Waals surface area contributed by atoms with E-state index in [9.17, 15) is 13.9 Å². The number of nitrogens with one attached hydrogen (secondary N) is 1. The van der Waals surface area contributed by atoms with Crippen molar-refractivity contribution in [2.75, 3.05) is 6.54 Å². The maximum absolute atomic E-state index is 13.5. The van der Waals surface area contributed by atoms with Gasteiger partial charge in [0.25, 0.3) is 0 Å². The predicted octanol–water partition coefficient (Wildman–Crippen LogP) is 3.25. The lowest BCUT2D eigenvalue weighted by atomic mass is 10.1. The van der Waals surface area contributed by atoms with Crippen LogP contribution in [0.4, 0.5) is 8.78 Å². The Morgan fingerprint density at radius 1 is 1.25 bits per heavy atom. The molecule has 0 aliphatic rings. The Hall–Kier alpha value is -1.72. The van der Waals surface area contributed by atoms with Crippen molar-refractivity contribution in [1.29, 1.82) is 0 Å². The van der Waals surface area contributed by atoms with Crippen molar-refractivity contribution < 1.29 is 18.3 Å². The number of aliphatic hydroxyl groups excluding tert-OH is 1. The molecule has 0 spiro atoms. The Labute approximate surface area is 116 Å². The summed E-state index contributed by atoms with van der Waals surface area (Å²) in [5.41, 5.74) is 0.667. The number of benzene rings is 1. The van der Waals surface area contributed by atoms with Gasteiger partial charge in [0.05, 0.1) is 24.0 Å². The van der Waals surface area contributed by atoms with Crippen molar-refractivity contribution in [3.8, 4) is 0 Å². The summed E-state index contributed by atoms with van der Waals surface area (Å²) in [6.07, 6.45) is 0.324. The Kier molecular flexibility index (Phi) is 4.52. The molecular formula is C15H17F2NO2. The van der Waals surface area contributed by atoms with E-state index < -0.39 is 17.7 Å². The first-order valence-corrected chi connectivity index (χ1v) is 6.40. The fraction of sp³-hybridized carbons (Fsp3) is 0.333. The van der Waals surface area contributed by atoms with Crippen LogP contribution in [0.2, 0.25) is 0 Å². The zero-order chi connectivity index (χ0) is 14.7. The molecule has 0 amide bonds. The Morgan fingerprint density at radius 2 is 1.90 bits per heavy atom. The average molecular weight is 281 g/mol. The fourth-order valence-corrected chi connectivity index (χ4v) is 2.14. The van der Waals surface area contributed by atoms with Crippen LogP contribution >= 0.6 is 0 Å². The molecule has 0 radical (unpaired) electrons. The third-order valence-corrected chi connectivity index (χ3v) is 3.25. The smallest absolute Gasteiger partial charge is 0.131 e. The van der Waals surface area contributed by atoms with Crippen LogP contribution < -0.4 is 5.32 Å². The van der Waals surface area contributed by atoms with E-state index in [4.69, 9.17) is 4.42 Å². The number of halogens is 2. The molecule has 0 saturated carbocycles. The fourth-order valence-electron chi connectivity index (χ4n) is 2.14. The standard InChI is InChI=1S/C15H17F2NO2/c1-9-6-7-20-15(9)10(2)18-8-13(19)14-11(16)4-3-5-12(14)17/h3-7,10,13,18-19H,8H2,1-2H3. The highest BCUT2D eigenvalue weighted by Crippen LogP contribution is 2.22. The second-order valence-electron chi connectivity index (χ2n) is 4.75. The third kappa shape index (κ3) is 3.05. The van der Waals surface area contributed by atoms with Gasteiger partial charge in [0.2, 0.25) is 0 Å². The lowest BCUT2D eigenvalue weighted by molar-refractivity contribution is 0.159. The van der Waals surface area contributed by atoms with E-state index in [1.165, 1.54) is 6.07 Å². The van der Waals surface area contributed by atoms with Gasteiger partial charge in [-0.3, -0.25) is 0 Å². The molecule has 0 saturated heterocycles. The van der Waals surface area contributed by atoms with Gasteiger partial charge in [0.15, 0.2) is 0 Å². The monoisotopic (exact) mass is 281 g/mol. The van der Waals surface area contributed by atoms with E-state index in [2.05, 4.69) is 5.32 Å². The van der Waals surface area contributed by atoms with E-state index >= 15 is 0 Å². The van der Waals surface area contributed by atoms with Gasteiger partial charge in [-0.25, -0.2) is 8.78 Å². The van der Waals surface area contributed by atoms with Gasteiger partial charge in [-0.2, -0.15) is 0 Å². The summed E-state index contributed by atoms with van der Waals surface area (Å²) in [6, 6.07) is 5.20. The van der Waals surface area contributed by atoms with E-state index in [0.29, 0.717) is 0 Å². The van der Waals surface area contributed by atoms with E-state index in [1.54, 1.807) is 6.26 Å². The molecule has 2 N–H and O–H groups in total. The van der Waals surface area contributed by atoms with Gasteiger partial charge >= 0.3 is 0 Å². The van der Waals surface area contributed by atoms with Gasteiger partial charge in [-0.15, -0.1) is 0 Å². The van der Waals surface area contributed by atoms with Gasteiger partial charge < -0.3 is 14.8 Å². The second kappa shape index (κ2) is 6.15. The average Bonchev–Trinajstić information content (AvgIpc) is 2.82. The van der Waals surface area contributed by atoms with Crippen molar-refractivity contribution >= 4 is 0 Å². The molecule has 1 aromatic heterocycles. The molecule has 0 fully saturated rings. The quantitative estimate of drug-likeness (QED) is 0.884. The van der Waals surface area contributed by atoms with Crippen LogP contribution in [0.25, 0.3) is 0 Å². The first-order chi connectivity index (χ1) is 9.50. The van der Waals surface area contributed by atoms with E-state index in [1.807, 2.05) is 19.9 Å². The van der Waals surface area contributed by atoms with Crippen molar-refractivity contribution in [2.45, 2.75) is 26.0 Å². The van der Waals surface area contributed by atoms with Gasteiger partial charge in [0.1, 0.15) is 17.4 Å². The molecule has 1 aromatic carbocycles. The first-order valence-electron chi connectivity index (χ1n) is 6.40. The highest BCUT2D eigenvalue weighted by Gasteiger charge is 2.19. The molecular weight excluding hydrogens is 264 g/mol. The molecule has 20 heavy (non-hydrogen) atoms. The molecule has 1 heterocycles. The number of aryl methyl sites for hydroxylation is 1. The highest BCUT2D eigenvalue weighted by atomic mass is 19.1. The van der Waals surface area contributed by atoms with Gasteiger partial charge in [-0.1, -0.05) is 6.07 Å². The summed E-state index contributed by atoms with van der Waals surface area (Å²) < 4.78 is 32.4. The SMILES string of the molecule is Cc1ccoc1C(C)NCC(O)c1c(F)cccc1F. The summed E-state index contributed by atoms with van der Waals surface area (Å²) in [5.74, 6) is -0.756. The largest absolute Gasteiger partial charge is 0.467 e. The topological polar surface area (TPSA) is 45.4 Å². The summed E-state index contributed by atoms with van der Waals surface area (Å²) in [6.45, 7) is 3.79. The molecule has 2 aromatic rings. The molecule has 108 valence electrons. The minimum atomic E-state index is -1.26. The van der Waals surface area contributed by atoms with Crippen LogP contribution in [0.1, 0.15) is 36.0 Å². The number of aliphatic hydroxyl groups is 1. The molecule has 2 unspecified atom stereocenters. The second-order valence-corrected chi connectivity index (χ2v) is 4.75. The third-order valence-electron chi connectivity index (χ3n) is 3.25. The summed E-state index contributed by atoms with van der Waals surface area (Å²) in [7, 11) is 0. The number of furan rings is 1. The van der Waals surface area contributed by atoms with Crippen molar-refractivity contribution in [3.05, 3.63) is 59.1 Å². The van der Waals surface area contributed by atoms with Crippen LogP contribution in [0, 0.1) is 18.6 Å². The van der Waals surface area contributed by atoms with Crippen molar-refractivity contribution in [1.82, 2.24) is 5.32 Å². The Bertz CT molecular complexity index is 563. The normalized spacial score (nSPS) is 14.2. The van der Waals surface area contributed by atoms with Crippen LogP contribution in [0.15, 0.2) is 34.9 Å². The first kappa shape index (κ1) is 14.7. The predicted molar refractivity (Wildman–Crippen MR) is 71.2 cm³/mol. The van der Waals surface area contributed by atoms with E-state index in [-0.39, 0.29) is 18.2 Å². The molecule has 0 bridgehead atoms. The maximum Gasteiger partial charge on any atom is 0.131 e. The molecule has 5 heteroatoms. The van der Waals surface area contributed by atoms with Crippen LogP contribution in [-0.2, 0) is 0 Å². The van der Waals surface area contributed by atoms with Crippen LogP contribution in [0.5, 0.6) is 0 Å². The molecule has 3 nitrogen and oxygen atoms in total. The number of rotatable bonds is 5. The maximum atomic E-state index is 13.5. The van der Waals surface area contributed by atoms with E-state index in [0.717, 1.165) is 23.5 Å². The van der Waals surface area contributed by atoms with Gasteiger partial charge in [0, 0.05) is 6.54 Å². The number of hydrogen-bond acceptors (Lipinski definition) is 3. The van der Waals surface area contributed by atoms with Crippen LogP contribution in [-0.4, -0.2) is 11.7 Å². The molecule has 0 aliphatic carbocycles. The molecule has 2 atom stereocenters. The summed E-state index contributed by atoms with van der Waals surface area (Å²) in [4.78, 5) is 0. The minimum absolute atomic E-state index is 0.0269. The lowest BCUT2D eigenvalue weighted by Gasteiger charge is -2.17. The van der Waals surface area contributed by atoms with Crippen molar-refractivity contribution in [2.24, 2.45) is 0 Å². The summed E-state index contributed by atoms with van der Waals surface area (Å²) in [5, 5.41) is 12.9. The minimum Gasteiger partial charge on any atom is -0.467 e. The zero-order valence-electron chi connectivity index (χ0n) is 11.4. The number of hydrogen-bond donors (Lipinski definition) is 2. The lowest BCUT2D eigenvalue weighted by Crippen LogP contribution is -2.25. The van der Waals surface area contributed by atoms with Crippen LogP contribution in [0.3, 0.4) is 0 Å².